The van der Waals surface area contributed by atoms with Crippen molar-refractivity contribution in [3.05, 3.63) is 29.5 Å². The highest BCUT2D eigenvalue weighted by Gasteiger charge is 2.29. The minimum Gasteiger partial charge on any atom is -0.475 e. The molecule has 1 heterocycles. The summed E-state index contributed by atoms with van der Waals surface area (Å²) in [6.45, 7) is 3.20. The Morgan fingerprint density at radius 3 is 2.61 bits per heavy atom. The van der Waals surface area contributed by atoms with Crippen LogP contribution >= 0.6 is 0 Å². The fourth-order valence-corrected chi connectivity index (χ4v) is 3.03. The summed E-state index contributed by atoms with van der Waals surface area (Å²) < 4.78 is 29.2. The van der Waals surface area contributed by atoms with E-state index in [9.17, 15) is 13.2 Å². The smallest absolute Gasteiger partial charge is 0.373 e. The Morgan fingerprint density at radius 2 is 2.06 bits per heavy atom. The fourth-order valence-electron chi connectivity index (χ4n) is 1.83. The third-order valence-corrected chi connectivity index (χ3v) is 4.54. The van der Waals surface area contributed by atoms with Gasteiger partial charge in [0.25, 0.3) is 0 Å². The Kier molecular flexibility index (Phi) is 2.90. The molecular weight excluding hydrogens is 256 g/mol. The van der Waals surface area contributed by atoms with Crippen molar-refractivity contribution < 1.29 is 22.7 Å². The molecule has 0 amide bonds. The van der Waals surface area contributed by atoms with Crippen LogP contribution in [0.1, 0.15) is 23.0 Å². The highest BCUT2D eigenvalue weighted by Crippen LogP contribution is 2.32. The van der Waals surface area contributed by atoms with Gasteiger partial charge in [-0.15, -0.1) is 0 Å². The van der Waals surface area contributed by atoms with Gasteiger partial charge in [-0.25, -0.2) is 13.2 Å². The number of rotatable bonds is 3. The molecule has 0 bridgehead atoms. The first-order valence-corrected chi connectivity index (χ1v) is 7.02. The normalized spacial score (nSPS) is 11.9. The Balaban J connectivity index is 2.97. The number of fused-ring (bicyclic) bond motifs is 1. The van der Waals surface area contributed by atoms with Crippen molar-refractivity contribution in [1.29, 1.82) is 0 Å². The van der Waals surface area contributed by atoms with Gasteiger partial charge in [-0.05, 0) is 18.6 Å². The molecule has 6 heteroatoms. The zero-order valence-corrected chi connectivity index (χ0v) is 10.7. The molecular formula is C12H12O5S. The molecule has 2 aromatic rings. The lowest BCUT2D eigenvalue weighted by Crippen LogP contribution is -2.08. The Labute approximate surface area is 104 Å². The number of carboxylic acid groups (broad SMARTS) is 1. The SMILES string of the molecule is CCS(=O)(=O)c1c(C(=O)O)oc2c(C)cccc12. The third kappa shape index (κ3) is 1.78. The number of sulfone groups is 1. The average Bonchev–Trinajstić information content (AvgIpc) is 2.70. The number of aryl methyl sites for hydroxylation is 1. The quantitative estimate of drug-likeness (QED) is 0.922. The molecule has 2 rings (SSSR count). The molecule has 0 fully saturated rings. The molecule has 18 heavy (non-hydrogen) atoms. The standard InChI is InChI=1S/C12H12O5S/c1-3-18(15,16)11-8-6-4-5-7(2)9(8)17-10(11)12(13)14/h4-6H,3H2,1-2H3,(H,13,14). The highest BCUT2D eigenvalue weighted by molar-refractivity contribution is 7.91. The summed E-state index contributed by atoms with van der Waals surface area (Å²) in [4.78, 5) is 10.9. The van der Waals surface area contributed by atoms with Crippen LogP contribution < -0.4 is 0 Å². The second-order valence-corrected chi connectivity index (χ2v) is 6.14. The summed E-state index contributed by atoms with van der Waals surface area (Å²) in [5, 5.41) is 9.39. The number of aromatic carboxylic acids is 1. The predicted molar refractivity (Wildman–Crippen MR) is 65.6 cm³/mol. The molecule has 0 aliphatic heterocycles. The molecule has 1 aromatic carbocycles. The number of hydrogen-bond donors (Lipinski definition) is 1. The zero-order chi connectivity index (χ0) is 13.5. The van der Waals surface area contributed by atoms with E-state index in [1.54, 1.807) is 25.1 Å². The molecule has 0 atom stereocenters. The number of hydrogen-bond acceptors (Lipinski definition) is 4. The van der Waals surface area contributed by atoms with E-state index in [4.69, 9.17) is 9.52 Å². The van der Waals surface area contributed by atoms with Crippen LogP contribution in [0.2, 0.25) is 0 Å². The average molecular weight is 268 g/mol. The van der Waals surface area contributed by atoms with Gasteiger partial charge in [0.05, 0.1) is 5.75 Å². The van der Waals surface area contributed by atoms with Crippen LogP contribution in [0.15, 0.2) is 27.5 Å². The summed E-state index contributed by atoms with van der Waals surface area (Å²) in [6.07, 6.45) is 0. The second-order valence-electron chi connectivity index (χ2n) is 3.92. The van der Waals surface area contributed by atoms with Crippen molar-refractivity contribution in [2.45, 2.75) is 18.7 Å². The summed E-state index contributed by atoms with van der Waals surface area (Å²) in [5.41, 5.74) is 1.01. The van der Waals surface area contributed by atoms with Crippen molar-refractivity contribution in [1.82, 2.24) is 0 Å². The third-order valence-electron chi connectivity index (χ3n) is 2.75. The monoisotopic (exact) mass is 268 g/mol. The van der Waals surface area contributed by atoms with Crippen molar-refractivity contribution >= 4 is 26.8 Å². The Hall–Kier alpha value is -1.82. The van der Waals surface area contributed by atoms with Crippen molar-refractivity contribution in [2.24, 2.45) is 0 Å². The summed E-state index contributed by atoms with van der Waals surface area (Å²) in [6, 6.07) is 4.97. The largest absolute Gasteiger partial charge is 0.475 e. The van der Waals surface area contributed by atoms with Gasteiger partial charge in [-0.1, -0.05) is 19.1 Å². The minimum absolute atomic E-state index is 0.171. The first-order valence-electron chi connectivity index (χ1n) is 5.36. The van der Waals surface area contributed by atoms with E-state index in [0.29, 0.717) is 16.5 Å². The van der Waals surface area contributed by atoms with Crippen LogP contribution in [0.4, 0.5) is 0 Å². The molecule has 1 aromatic heterocycles. The van der Waals surface area contributed by atoms with Gasteiger partial charge >= 0.3 is 5.97 Å². The highest BCUT2D eigenvalue weighted by atomic mass is 32.2. The van der Waals surface area contributed by atoms with Gasteiger partial charge in [0, 0.05) is 5.39 Å². The van der Waals surface area contributed by atoms with Gasteiger partial charge in [-0.3, -0.25) is 0 Å². The molecule has 0 saturated carbocycles. The first-order chi connectivity index (χ1) is 8.38. The van der Waals surface area contributed by atoms with Gasteiger partial charge in [0.2, 0.25) is 5.76 Å². The maximum absolute atomic E-state index is 12.0. The van der Waals surface area contributed by atoms with E-state index in [-0.39, 0.29) is 10.6 Å². The first kappa shape index (κ1) is 12.6. The molecule has 0 aliphatic rings. The van der Waals surface area contributed by atoms with Gasteiger partial charge < -0.3 is 9.52 Å². The number of benzene rings is 1. The molecule has 5 nitrogen and oxygen atoms in total. The molecule has 96 valence electrons. The van der Waals surface area contributed by atoms with Crippen molar-refractivity contribution in [3.63, 3.8) is 0 Å². The minimum atomic E-state index is -3.65. The second kappa shape index (κ2) is 4.13. The van der Waals surface area contributed by atoms with E-state index in [1.807, 2.05) is 0 Å². The van der Waals surface area contributed by atoms with E-state index < -0.39 is 21.6 Å². The zero-order valence-electron chi connectivity index (χ0n) is 9.93. The van der Waals surface area contributed by atoms with Crippen LogP contribution in [0.25, 0.3) is 11.0 Å². The van der Waals surface area contributed by atoms with Crippen molar-refractivity contribution in [3.8, 4) is 0 Å². The van der Waals surface area contributed by atoms with Crippen LogP contribution in [-0.2, 0) is 9.84 Å². The Bertz CT molecular complexity index is 724. The van der Waals surface area contributed by atoms with Crippen LogP contribution in [0.5, 0.6) is 0 Å². The molecule has 0 saturated heterocycles. The lowest BCUT2D eigenvalue weighted by Gasteiger charge is -1.99. The van der Waals surface area contributed by atoms with Gasteiger partial charge in [0.1, 0.15) is 10.5 Å². The topological polar surface area (TPSA) is 84.6 Å². The number of carboxylic acids is 1. The lowest BCUT2D eigenvalue weighted by atomic mass is 10.2. The fraction of sp³-hybridized carbons (Fsp3) is 0.250. The molecule has 0 spiro atoms. The van der Waals surface area contributed by atoms with Gasteiger partial charge in [0.15, 0.2) is 9.84 Å². The number of carbonyl (C=O) groups is 1. The van der Waals surface area contributed by atoms with Crippen LogP contribution in [-0.4, -0.2) is 25.2 Å². The van der Waals surface area contributed by atoms with E-state index in [0.717, 1.165) is 0 Å². The maximum Gasteiger partial charge on any atom is 0.373 e. The van der Waals surface area contributed by atoms with Crippen LogP contribution in [0, 0.1) is 6.92 Å². The molecule has 0 aliphatic carbocycles. The van der Waals surface area contributed by atoms with E-state index in [2.05, 4.69) is 0 Å². The van der Waals surface area contributed by atoms with E-state index in [1.165, 1.54) is 6.92 Å². The van der Waals surface area contributed by atoms with E-state index >= 15 is 0 Å². The Morgan fingerprint density at radius 1 is 1.39 bits per heavy atom. The number of furan rings is 1. The predicted octanol–water partition coefficient (Wildman–Crippen LogP) is 2.23. The van der Waals surface area contributed by atoms with Crippen molar-refractivity contribution in [2.75, 3.05) is 5.75 Å². The lowest BCUT2D eigenvalue weighted by molar-refractivity contribution is 0.0659. The van der Waals surface area contributed by atoms with Crippen LogP contribution in [0.3, 0.4) is 0 Å². The summed E-state index contributed by atoms with van der Waals surface area (Å²) in [7, 11) is -3.65. The molecule has 1 N–H and O–H groups in total. The molecule has 0 unspecified atom stereocenters. The summed E-state index contributed by atoms with van der Waals surface area (Å²) in [5.74, 6) is -2.06. The maximum atomic E-state index is 12.0. The number of para-hydroxylation sites is 1. The molecule has 0 radical (unpaired) electrons. The summed E-state index contributed by atoms with van der Waals surface area (Å²) >= 11 is 0. The van der Waals surface area contributed by atoms with Gasteiger partial charge in [-0.2, -0.15) is 0 Å².